The van der Waals surface area contributed by atoms with Gasteiger partial charge in [-0.25, -0.2) is 9.50 Å². The molecule has 214 valence electrons. The largest absolute Gasteiger partial charge is 0.417 e. The van der Waals surface area contributed by atoms with Crippen LogP contribution in [0.1, 0.15) is 62.5 Å². The van der Waals surface area contributed by atoms with Crippen LogP contribution in [0.25, 0.3) is 16.9 Å². The van der Waals surface area contributed by atoms with Gasteiger partial charge in [-0.05, 0) is 50.8 Å². The molecule has 40 heavy (non-hydrogen) atoms. The van der Waals surface area contributed by atoms with Gasteiger partial charge in [0, 0.05) is 41.7 Å². The first-order chi connectivity index (χ1) is 18.6. The molecule has 2 amide bonds. The molecule has 2 aromatic heterocycles. The molecule has 0 radical (unpaired) electrons. The predicted molar refractivity (Wildman–Crippen MR) is 143 cm³/mol. The van der Waals surface area contributed by atoms with Crippen molar-refractivity contribution in [3.63, 3.8) is 0 Å². The van der Waals surface area contributed by atoms with Gasteiger partial charge in [0.2, 0.25) is 5.91 Å². The topological polar surface area (TPSA) is 91.0 Å². The van der Waals surface area contributed by atoms with E-state index in [1.165, 1.54) is 4.90 Å². The van der Waals surface area contributed by atoms with Gasteiger partial charge in [-0.2, -0.15) is 18.3 Å². The molecule has 0 atom stereocenters. The smallest absolute Gasteiger partial charge is 0.380 e. The summed E-state index contributed by atoms with van der Waals surface area (Å²) in [5.41, 5.74) is -0.308. The molecule has 2 fully saturated rings. The zero-order chi connectivity index (χ0) is 29.2. The van der Waals surface area contributed by atoms with E-state index >= 15 is 0 Å². The van der Waals surface area contributed by atoms with E-state index < -0.39 is 42.0 Å². The summed E-state index contributed by atoms with van der Waals surface area (Å²) in [7, 11) is 0. The Kier molecular flexibility index (Phi) is 6.89. The van der Waals surface area contributed by atoms with Crippen molar-refractivity contribution in [2.75, 3.05) is 19.6 Å². The number of hydrogen-bond acceptors (Lipinski definition) is 5. The van der Waals surface area contributed by atoms with Gasteiger partial charge in [0.1, 0.15) is 5.69 Å². The Labute approximate surface area is 234 Å². The molecule has 3 aromatic rings. The molecule has 1 saturated carbocycles. The number of carbonyl (C=O) groups excluding carboxylic acids is 2. The van der Waals surface area contributed by atoms with Crippen LogP contribution in [-0.2, 0) is 4.79 Å². The minimum atomic E-state index is -4.76. The normalized spacial score (nSPS) is 23.0. The Morgan fingerprint density at radius 3 is 2.35 bits per heavy atom. The van der Waals surface area contributed by atoms with Gasteiger partial charge >= 0.3 is 6.18 Å². The highest BCUT2D eigenvalue weighted by Crippen LogP contribution is 2.49. The molecule has 5 rings (SSSR count). The number of amides is 2. The molecule has 8 nitrogen and oxygen atoms in total. The minimum absolute atomic E-state index is 0.106. The summed E-state index contributed by atoms with van der Waals surface area (Å²) in [6, 6.07) is 9.28. The number of fused-ring (bicyclic) bond motifs is 1. The van der Waals surface area contributed by atoms with Crippen molar-refractivity contribution >= 4 is 29.1 Å². The van der Waals surface area contributed by atoms with Crippen LogP contribution in [0.4, 0.5) is 13.2 Å². The maximum atomic E-state index is 13.7. The monoisotopic (exact) mass is 577 g/mol. The summed E-state index contributed by atoms with van der Waals surface area (Å²) in [5.74, 6) is -1.53. The van der Waals surface area contributed by atoms with Gasteiger partial charge in [-0.15, -0.1) is 0 Å². The second kappa shape index (κ2) is 9.73. The summed E-state index contributed by atoms with van der Waals surface area (Å²) < 4.78 is 40.7. The van der Waals surface area contributed by atoms with Crippen LogP contribution < -0.4 is 0 Å². The SMILES string of the molecule is CC(C)c1cc(-c2ccc(Cl)cc2)nn2cc(C(=O)N3CCN(C(=O)C4CC(O)(C(F)(F)F)C4)CC3(C)C)nc12. The average molecular weight is 578 g/mol. The zero-order valence-electron chi connectivity index (χ0n) is 22.7. The Hall–Kier alpha value is -3.18. The summed E-state index contributed by atoms with van der Waals surface area (Å²) in [5, 5.41) is 15.1. The number of imidazole rings is 1. The fourth-order valence-corrected chi connectivity index (χ4v) is 5.69. The number of alkyl halides is 3. The highest BCUT2D eigenvalue weighted by Gasteiger charge is 2.63. The van der Waals surface area contributed by atoms with Crippen molar-refractivity contribution in [1.29, 1.82) is 0 Å². The van der Waals surface area contributed by atoms with E-state index in [1.54, 1.807) is 27.7 Å². The molecule has 1 aliphatic heterocycles. The number of carbonyl (C=O) groups is 2. The maximum Gasteiger partial charge on any atom is 0.417 e. The van der Waals surface area contributed by atoms with Crippen LogP contribution in [-0.4, -0.2) is 78.3 Å². The number of hydrogen-bond donors (Lipinski definition) is 1. The molecular weight excluding hydrogens is 547 g/mol. The molecule has 1 saturated heterocycles. The van der Waals surface area contributed by atoms with Crippen LogP contribution in [0.15, 0.2) is 36.5 Å². The third-order valence-electron chi connectivity index (χ3n) is 7.94. The second-order valence-corrected chi connectivity index (χ2v) is 12.1. The molecule has 12 heteroatoms. The fourth-order valence-electron chi connectivity index (χ4n) is 5.57. The highest BCUT2D eigenvalue weighted by atomic mass is 35.5. The molecule has 0 spiro atoms. The Bertz CT molecular complexity index is 1460. The van der Waals surface area contributed by atoms with Gasteiger partial charge in [-0.1, -0.05) is 37.6 Å². The highest BCUT2D eigenvalue weighted by molar-refractivity contribution is 6.30. The standard InChI is InChI=1S/C28H31ClF3N5O3/c1-16(2)20-11-21(17-5-7-19(29)8-6-17)34-37-14-22(33-23(20)37)25(39)36-10-9-35(15-26(36,3)4)24(38)18-12-27(40,13-18)28(30,31)32/h5-8,11,14,16,18,40H,9-10,12-13,15H2,1-4H3. The van der Waals surface area contributed by atoms with Crippen molar-refractivity contribution in [2.45, 2.75) is 63.8 Å². The maximum absolute atomic E-state index is 13.7. The van der Waals surface area contributed by atoms with Gasteiger partial charge < -0.3 is 14.9 Å². The lowest BCUT2D eigenvalue weighted by Gasteiger charge is -2.50. The average Bonchev–Trinajstić information content (AvgIpc) is 3.28. The number of aliphatic hydroxyl groups is 1. The summed E-state index contributed by atoms with van der Waals surface area (Å²) in [6.45, 7) is 8.22. The van der Waals surface area contributed by atoms with E-state index in [-0.39, 0.29) is 37.2 Å². The van der Waals surface area contributed by atoms with E-state index in [9.17, 15) is 27.9 Å². The van der Waals surface area contributed by atoms with Gasteiger partial charge in [0.25, 0.3) is 5.91 Å². The van der Waals surface area contributed by atoms with Crippen LogP contribution in [0.5, 0.6) is 0 Å². The lowest BCUT2D eigenvalue weighted by molar-refractivity contribution is -0.297. The van der Waals surface area contributed by atoms with Crippen LogP contribution in [0.3, 0.4) is 0 Å². The zero-order valence-corrected chi connectivity index (χ0v) is 23.4. The predicted octanol–water partition coefficient (Wildman–Crippen LogP) is 4.94. The first kappa shape index (κ1) is 28.4. The quantitative estimate of drug-likeness (QED) is 0.474. The van der Waals surface area contributed by atoms with Crippen molar-refractivity contribution in [3.05, 3.63) is 52.8 Å². The summed E-state index contributed by atoms with van der Waals surface area (Å²) >= 11 is 6.04. The molecule has 0 bridgehead atoms. The molecule has 3 heterocycles. The number of piperazine rings is 1. The van der Waals surface area contributed by atoms with Crippen molar-refractivity contribution in [1.82, 2.24) is 24.4 Å². The van der Waals surface area contributed by atoms with E-state index in [0.29, 0.717) is 16.4 Å². The lowest BCUT2D eigenvalue weighted by atomic mass is 9.69. The number of rotatable bonds is 4. The van der Waals surface area contributed by atoms with E-state index in [4.69, 9.17) is 11.6 Å². The van der Waals surface area contributed by atoms with E-state index in [2.05, 4.69) is 10.1 Å². The van der Waals surface area contributed by atoms with E-state index in [0.717, 1.165) is 11.1 Å². The number of halogens is 4. The van der Waals surface area contributed by atoms with E-state index in [1.807, 2.05) is 45.9 Å². The molecule has 1 N–H and O–H groups in total. The van der Waals surface area contributed by atoms with Crippen molar-refractivity contribution < 1.29 is 27.9 Å². The Morgan fingerprint density at radius 1 is 1.12 bits per heavy atom. The van der Waals surface area contributed by atoms with Crippen LogP contribution in [0, 0.1) is 5.92 Å². The third kappa shape index (κ3) is 4.94. The minimum Gasteiger partial charge on any atom is -0.380 e. The Morgan fingerprint density at radius 2 is 1.77 bits per heavy atom. The third-order valence-corrected chi connectivity index (χ3v) is 8.19. The molecule has 2 aliphatic rings. The van der Waals surface area contributed by atoms with Gasteiger partial charge in [-0.3, -0.25) is 9.59 Å². The lowest BCUT2D eigenvalue weighted by Crippen LogP contribution is -2.65. The van der Waals surface area contributed by atoms with Crippen molar-refractivity contribution in [2.24, 2.45) is 5.92 Å². The molecular formula is C28H31ClF3N5O3. The molecule has 0 unspecified atom stereocenters. The van der Waals surface area contributed by atoms with Gasteiger partial charge in [0.05, 0.1) is 17.4 Å². The molecule has 1 aliphatic carbocycles. The summed E-state index contributed by atoms with van der Waals surface area (Å²) in [6.07, 6.45) is -4.44. The number of aromatic nitrogens is 3. The Balaban J connectivity index is 1.35. The number of benzene rings is 1. The van der Waals surface area contributed by atoms with Gasteiger partial charge in [0.15, 0.2) is 11.2 Å². The van der Waals surface area contributed by atoms with Crippen LogP contribution in [0.2, 0.25) is 5.02 Å². The first-order valence-electron chi connectivity index (χ1n) is 13.2. The second-order valence-electron chi connectivity index (χ2n) is 11.7. The van der Waals surface area contributed by atoms with Crippen molar-refractivity contribution in [3.8, 4) is 11.3 Å². The first-order valence-corrected chi connectivity index (χ1v) is 13.5. The van der Waals surface area contributed by atoms with Crippen LogP contribution >= 0.6 is 11.6 Å². The fraction of sp³-hybridized carbons (Fsp3) is 0.500. The number of nitrogens with zero attached hydrogens (tertiary/aromatic N) is 5. The molecule has 1 aromatic carbocycles. The summed E-state index contributed by atoms with van der Waals surface area (Å²) in [4.78, 5) is 34.4.